The standard InChI is InChI=1S/C31H36N6O4/c1-41-26-8-5-23(6-9-26)20-29(38)34-27-21-24(30(39)36-14-3-12-32-13-15-36)7-10-28(27)35-16-18-37(19-17-35)31(40)25-4-2-11-33-22-25/h2,4-11,21-22,32H,3,12-20H2,1H3,(H,34,38). The lowest BCUT2D eigenvalue weighted by Gasteiger charge is -2.37. The maximum Gasteiger partial charge on any atom is 0.255 e. The third-order valence-corrected chi connectivity index (χ3v) is 7.48. The maximum absolute atomic E-state index is 13.4. The van der Waals surface area contributed by atoms with Crippen LogP contribution in [0.1, 0.15) is 32.7 Å². The van der Waals surface area contributed by atoms with Gasteiger partial charge in [0.15, 0.2) is 0 Å². The molecule has 3 aromatic rings. The number of anilines is 2. The first-order valence-corrected chi connectivity index (χ1v) is 14.0. The normalized spacial score (nSPS) is 15.7. The second-order valence-electron chi connectivity index (χ2n) is 10.2. The van der Waals surface area contributed by atoms with Gasteiger partial charge < -0.3 is 30.1 Å². The van der Waals surface area contributed by atoms with E-state index in [2.05, 4.69) is 20.5 Å². The summed E-state index contributed by atoms with van der Waals surface area (Å²) >= 11 is 0. The SMILES string of the molecule is COc1ccc(CC(=O)Nc2cc(C(=O)N3CCCNCC3)ccc2N2CCN(C(=O)c3cccnc3)CC2)cc1. The Morgan fingerprint density at radius 2 is 1.63 bits per heavy atom. The zero-order valence-electron chi connectivity index (χ0n) is 23.3. The van der Waals surface area contributed by atoms with Gasteiger partial charge in [0.05, 0.1) is 30.5 Å². The van der Waals surface area contributed by atoms with Crippen molar-refractivity contribution in [2.75, 3.05) is 69.7 Å². The quantitative estimate of drug-likeness (QED) is 0.461. The van der Waals surface area contributed by atoms with Crippen LogP contribution in [0.25, 0.3) is 0 Å². The smallest absolute Gasteiger partial charge is 0.255 e. The van der Waals surface area contributed by atoms with E-state index in [1.54, 1.807) is 37.7 Å². The van der Waals surface area contributed by atoms with Crippen LogP contribution >= 0.6 is 0 Å². The Balaban J connectivity index is 1.34. The highest BCUT2D eigenvalue weighted by atomic mass is 16.5. The number of piperazine rings is 1. The van der Waals surface area contributed by atoms with Crippen LogP contribution < -0.4 is 20.3 Å². The number of methoxy groups -OCH3 is 1. The first-order chi connectivity index (χ1) is 20.0. The fraction of sp³-hybridized carbons (Fsp3) is 0.355. The predicted molar refractivity (Wildman–Crippen MR) is 158 cm³/mol. The Kier molecular flexibility index (Phi) is 9.10. The molecule has 2 aromatic carbocycles. The topological polar surface area (TPSA) is 107 Å². The molecule has 3 amide bonds. The summed E-state index contributed by atoms with van der Waals surface area (Å²) in [5.41, 5.74) is 3.39. The number of pyridine rings is 1. The van der Waals surface area contributed by atoms with Crippen molar-refractivity contribution < 1.29 is 19.1 Å². The van der Waals surface area contributed by atoms with Crippen LogP contribution in [0.4, 0.5) is 11.4 Å². The molecule has 214 valence electrons. The summed E-state index contributed by atoms with van der Waals surface area (Å²) in [6.45, 7) is 5.26. The highest BCUT2D eigenvalue weighted by Crippen LogP contribution is 2.30. The van der Waals surface area contributed by atoms with Gasteiger partial charge in [-0.3, -0.25) is 19.4 Å². The Hall–Kier alpha value is -4.44. The van der Waals surface area contributed by atoms with Gasteiger partial charge in [0, 0.05) is 63.8 Å². The number of carbonyl (C=O) groups excluding carboxylic acids is 3. The lowest BCUT2D eigenvalue weighted by molar-refractivity contribution is -0.115. The van der Waals surface area contributed by atoms with Gasteiger partial charge in [0.2, 0.25) is 5.91 Å². The van der Waals surface area contributed by atoms with Gasteiger partial charge in [-0.15, -0.1) is 0 Å². The van der Waals surface area contributed by atoms with E-state index in [9.17, 15) is 14.4 Å². The molecule has 0 bridgehead atoms. The molecular weight excluding hydrogens is 520 g/mol. The van der Waals surface area contributed by atoms with E-state index in [1.807, 2.05) is 46.2 Å². The third kappa shape index (κ3) is 7.01. The lowest BCUT2D eigenvalue weighted by atomic mass is 10.1. The molecular formula is C31H36N6O4. The molecule has 0 atom stereocenters. The van der Waals surface area contributed by atoms with Gasteiger partial charge in [-0.1, -0.05) is 12.1 Å². The molecule has 0 aliphatic carbocycles. The number of amides is 3. The summed E-state index contributed by atoms with van der Waals surface area (Å²) in [6, 6.07) is 16.5. The molecule has 2 N–H and O–H groups in total. The van der Waals surface area contributed by atoms with E-state index in [0.717, 1.165) is 36.5 Å². The first-order valence-electron chi connectivity index (χ1n) is 14.0. The van der Waals surface area contributed by atoms with Crippen LogP contribution in [0.2, 0.25) is 0 Å². The molecule has 2 aliphatic rings. The van der Waals surface area contributed by atoms with E-state index in [0.29, 0.717) is 56.1 Å². The molecule has 10 heteroatoms. The van der Waals surface area contributed by atoms with Gasteiger partial charge in [0.1, 0.15) is 5.75 Å². The molecule has 2 aliphatic heterocycles. The minimum absolute atomic E-state index is 0.0429. The predicted octanol–water partition coefficient (Wildman–Crippen LogP) is 2.67. The highest BCUT2D eigenvalue weighted by molar-refractivity contribution is 6.00. The van der Waals surface area contributed by atoms with Crippen molar-refractivity contribution in [3.63, 3.8) is 0 Å². The molecule has 2 saturated heterocycles. The zero-order valence-corrected chi connectivity index (χ0v) is 23.3. The van der Waals surface area contributed by atoms with Gasteiger partial charge >= 0.3 is 0 Å². The van der Waals surface area contributed by atoms with Crippen molar-refractivity contribution in [2.24, 2.45) is 0 Å². The third-order valence-electron chi connectivity index (χ3n) is 7.48. The molecule has 0 unspecified atom stereocenters. The summed E-state index contributed by atoms with van der Waals surface area (Å²) in [7, 11) is 1.61. The summed E-state index contributed by atoms with van der Waals surface area (Å²) in [4.78, 5) is 49.4. The zero-order chi connectivity index (χ0) is 28.6. The molecule has 3 heterocycles. The number of hydrogen-bond donors (Lipinski definition) is 2. The van der Waals surface area contributed by atoms with Crippen molar-refractivity contribution in [3.05, 3.63) is 83.7 Å². The van der Waals surface area contributed by atoms with Crippen molar-refractivity contribution >= 4 is 29.1 Å². The molecule has 0 radical (unpaired) electrons. The maximum atomic E-state index is 13.4. The molecule has 2 fully saturated rings. The Labute approximate surface area is 240 Å². The fourth-order valence-corrected chi connectivity index (χ4v) is 5.22. The van der Waals surface area contributed by atoms with Gasteiger partial charge in [0.25, 0.3) is 11.8 Å². The average Bonchev–Trinajstić information content (AvgIpc) is 3.31. The van der Waals surface area contributed by atoms with Gasteiger partial charge in [-0.25, -0.2) is 0 Å². The number of hydrogen-bond acceptors (Lipinski definition) is 7. The summed E-state index contributed by atoms with van der Waals surface area (Å²) < 4.78 is 5.22. The van der Waals surface area contributed by atoms with Crippen LogP contribution in [0.15, 0.2) is 67.0 Å². The second kappa shape index (κ2) is 13.3. The highest BCUT2D eigenvalue weighted by Gasteiger charge is 2.25. The second-order valence-corrected chi connectivity index (χ2v) is 10.2. The number of nitrogens with one attached hydrogen (secondary N) is 2. The number of nitrogens with zero attached hydrogens (tertiary/aromatic N) is 4. The van der Waals surface area contributed by atoms with Gasteiger partial charge in [-0.05, 0) is 61.0 Å². The molecule has 5 rings (SSSR count). The first kappa shape index (κ1) is 28.1. The number of ether oxygens (including phenoxy) is 1. The molecule has 0 spiro atoms. The summed E-state index contributed by atoms with van der Waals surface area (Å²) in [6.07, 6.45) is 4.32. The fourth-order valence-electron chi connectivity index (χ4n) is 5.22. The van der Waals surface area contributed by atoms with Crippen LogP contribution in [-0.4, -0.2) is 92.0 Å². The van der Waals surface area contributed by atoms with Crippen LogP contribution in [0.5, 0.6) is 5.75 Å². The summed E-state index contributed by atoms with van der Waals surface area (Å²) in [5, 5.41) is 6.40. The van der Waals surface area contributed by atoms with Crippen molar-refractivity contribution in [1.82, 2.24) is 20.1 Å². The number of aromatic nitrogens is 1. The number of benzene rings is 2. The monoisotopic (exact) mass is 556 g/mol. The minimum Gasteiger partial charge on any atom is -0.497 e. The molecule has 1 aromatic heterocycles. The Morgan fingerprint density at radius 3 is 2.37 bits per heavy atom. The van der Waals surface area contributed by atoms with Crippen LogP contribution in [0, 0.1) is 0 Å². The van der Waals surface area contributed by atoms with Gasteiger partial charge in [-0.2, -0.15) is 0 Å². The summed E-state index contributed by atoms with van der Waals surface area (Å²) in [5.74, 6) is 0.467. The van der Waals surface area contributed by atoms with E-state index < -0.39 is 0 Å². The number of rotatable bonds is 7. The van der Waals surface area contributed by atoms with E-state index in [4.69, 9.17) is 4.74 Å². The molecule has 0 saturated carbocycles. The average molecular weight is 557 g/mol. The number of carbonyl (C=O) groups is 3. The minimum atomic E-state index is -0.176. The van der Waals surface area contributed by atoms with E-state index >= 15 is 0 Å². The largest absolute Gasteiger partial charge is 0.497 e. The molecule has 10 nitrogen and oxygen atoms in total. The van der Waals surface area contributed by atoms with Crippen LogP contribution in [0.3, 0.4) is 0 Å². The lowest BCUT2D eigenvalue weighted by Crippen LogP contribution is -2.49. The Morgan fingerprint density at radius 1 is 0.878 bits per heavy atom. The Bertz CT molecular complexity index is 1350. The van der Waals surface area contributed by atoms with Crippen molar-refractivity contribution in [2.45, 2.75) is 12.8 Å². The van der Waals surface area contributed by atoms with Crippen molar-refractivity contribution in [1.29, 1.82) is 0 Å². The van der Waals surface area contributed by atoms with E-state index in [-0.39, 0.29) is 24.1 Å². The molecule has 41 heavy (non-hydrogen) atoms. The van der Waals surface area contributed by atoms with Crippen LogP contribution in [-0.2, 0) is 11.2 Å². The van der Waals surface area contributed by atoms with Crippen molar-refractivity contribution in [3.8, 4) is 5.75 Å². The van der Waals surface area contributed by atoms with E-state index in [1.165, 1.54) is 0 Å².